The molecule has 1 N–H and O–H groups in total. The van der Waals surface area contributed by atoms with Crippen LogP contribution < -0.4 is 5.32 Å². The fourth-order valence-electron chi connectivity index (χ4n) is 2.32. The molecular weight excluding hydrogens is 184 g/mol. The summed E-state index contributed by atoms with van der Waals surface area (Å²) in [6, 6.07) is 0.693. The van der Waals surface area contributed by atoms with Gasteiger partial charge in [0.15, 0.2) is 0 Å². The van der Waals surface area contributed by atoms with Crippen molar-refractivity contribution < 1.29 is 0 Å². The zero-order valence-corrected chi connectivity index (χ0v) is 11.6. The summed E-state index contributed by atoms with van der Waals surface area (Å²) in [5, 5.41) is 3.33. The molecule has 2 heteroatoms. The van der Waals surface area contributed by atoms with Gasteiger partial charge in [-0.1, -0.05) is 27.2 Å². The van der Waals surface area contributed by atoms with Gasteiger partial charge in [-0.25, -0.2) is 0 Å². The van der Waals surface area contributed by atoms with Crippen molar-refractivity contribution in [1.29, 1.82) is 0 Å². The maximum absolute atomic E-state index is 3.33. The van der Waals surface area contributed by atoms with Gasteiger partial charge in [0, 0.05) is 19.1 Å². The van der Waals surface area contributed by atoms with Crippen LogP contribution in [0.2, 0.25) is 0 Å². The van der Waals surface area contributed by atoms with Crippen LogP contribution in [0.1, 0.15) is 47.0 Å². The smallest absolute Gasteiger partial charge is 0.00614 e. The summed E-state index contributed by atoms with van der Waals surface area (Å²) in [5.74, 6) is 0. The lowest BCUT2D eigenvalue weighted by Gasteiger charge is -2.36. The Morgan fingerprint density at radius 3 is 2.33 bits per heavy atom. The molecule has 0 fully saturated rings. The lowest BCUT2D eigenvalue weighted by atomic mass is 9.84. The summed E-state index contributed by atoms with van der Waals surface area (Å²) in [7, 11) is 4.30. The summed E-state index contributed by atoms with van der Waals surface area (Å²) >= 11 is 0. The predicted molar refractivity (Wildman–Crippen MR) is 69.3 cm³/mol. The largest absolute Gasteiger partial charge is 0.319 e. The summed E-state index contributed by atoms with van der Waals surface area (Å²) in [5.41, 5.74) is 0.418. The molecule has 0 heterocycles. The highest BCUT2D eigenvalue weighted by Gasteiger charge is 2.25. The van der Waals surface area contributed by atoms with E-state index in [9.17, 15) is 0 Å². The van der Waals surface area contributed by atoms with Gasteiger partial charge >= 0.3 is 0 Å². The van der Waals surface area contributed by atoms with Crippen LogP contribution in [0, 0.1) is 5.41 Å². The molecule has 0 aromatic heterocycles. The predicted octanol–water partition coefficient (Wildman–Crippen LogP) is 2.74. The second-order valence-electron chi connectivity index (χ2n) is 5.26. The Morgan fingerprint density at radius 1 is 1.33 bits per heavy atom. The van der Waals surface area contributed by atoms with Gasteiger partial charge in [-0.15, -0.1) is 0 Å². The van der Waals surface area contributed by atoms with Crippen LogP contribution in [0.4, 0.5) is 0 Å². The molecular formula is C13H30N2. The van der Waals surface area contributed by atoms with Crippen LogP contribution in [0.3, 0.4) is 0 Å². The lowest BCUT2D eigenvalue weighted by Crippen LogP contribution is -2.43. The molecule has 2 atom stereocenters. The molecule has 2 nitrogen and oxygen atoms in total. The summed E-state index contributed by atoms with van der Waals surface area (Å²) < 4.78 is 0. The first-order chi connectivity index (χ1) is 6.99. The van der Waals surface area contributed by atoms with Gasteiger partial charge in [0.1, 0.15) is 0 Å². The van der Waals surface area contributed by atoms with Crippen LogP contribution in [-0.4, -0.2) is 38.1 Å². The van der Waals surface area contributed by atoms with E-state index in [1.165, 1.54) is 25.8 Å². The Balaban J connectivity index is 4.26. The number of hydrogen-bond donors (Lipinski definition) is 1. The highest BCUT2D eigenvalue weighted by Crippen LogP contribution is 2.24. The van der Waals surface area contributed by atoms with E-state index < -0.39 is 0 Å². The molecule has 2 unspecified atom stereocenters. The number of nitrogens with zero attached hydrogens (tertiary/aromatic N) is 1. The van der Waals surface area contributed by atoms with Crippen molar-refractivity contribution in [2.75, 3.05) is 27.2 Å². The third-order valence-electron chi connectivity index (χ3n) is 3.43. The topological polar surface area (TPSA) is 15.3 Å². The molecule has 0 aliphatic rings. The first kappa shape index (κ1) is 14.9. The van der Waals surface area contributed by atoms with Crippen LogP contribution in [-0.2, 0) is 0 Å². The monoisotopic (exact) mass is 214 g/mol. The Morgan fingerprint density at radius 2 is 1.93 bits per heavy atom. The van der Waals surface area contributed by atoms with Gasteiger partial charge < -0.3 is 10.2 Å². The van der Waals surface area contributed by atoms with Gasteiger partial charge in [-0.2, -0.15) is 0 Å². The highest BCUT2D eigenvalue weighted by atomic mass is 15.1. The number of nitrogens with one attached hydrogen (secondary N) is 1. The minimum Gasteiger partial charge on any atom is -0.319 e. The Labute approximate surface area is 96.4 Å². The Bertz CT molecular complexity index is 151. The maximum Gasteiger partial charge on any atom is 0.00614 e. The van der Waals surface area contributed by atoms with E-state index in [2.05, 4.69) is 52.0 Å². The van der Waals surface area contributed by atoms with E-state index >= 15 is 0 Å². The third kappa shape index (κ3) is 5.53. The SMILES string of the molecule is CCCC(C)(CNC)CN(C)C(C)CC. The molecule has 0 saturated heterocycles. The number of hydrogen-bond acceptors (Lipinski definition) is 2. The van der Waals surface area contributed by atoms with Crippen molar-refractivity contribution in [2.24, 2.45) is 5.41 Å². The normalized spacial score (nSPS) is 17.8. The molecule has 92 valence electrons. The molecule has 0 rings (SSSR count). The van der Waals surface area contributed by atoms with Crippen molar-refractivity contribution in [3.8, 4) is 0 Å². The average molecular weight is 214 g/mol. The van der Waals surface area contributed by atoms with Gasteiger partial charge in [0.25, 0.3) is 0 Å². The summed E-state index contributed by atoms with van der Waals surface area (Å²) in [6.45, 7) is 11.5. The molecule has 0 bridgehead atoms. The highest BCUT2D eigenvalue weighted by molar-refractivity contribution is 4.80. The quantitative estimate of drug-likeness (QED) is 0.668. The molecule has 0 amide bonds. The zero-order chi connectivity index (χ0) is 11.9. The van der Waals surface area contributed by atoms with Crippen molar-refractivity contribution in [2.45, 2.75) is 53.0 Å². The minimum absolute atomic E-state index is 0.418. The molecule has 15 heavy (non-hydrogen) atoms. The van der Waals surface area contributed by atoms with Crippen LogP contribution in [0.5, 0.6) is 0 Å². The van der Waals surface area contributed by atoms with Crippen molar-refractivity contribution in [1.82, 2.24) is 10.2 Å². The van der Waals surface area contributed by atoms with E-state index in [0.29, 0.717) is 11.5 Å². The van der Waals surface area contributed by atoms with Gasteiger partial charge in [-0.3, -0.25) is 0 Å². The average Bonchev–Trinajstić information content (AvgIpc) is 2.16. The minimum atomic E-state index is 0.418. The molecule has 0 saturated carbocycles. The van der Waals surface area contributed by atoms with Gasteiger partial charge in [0.05, 0.1) is 0 Å². The van der Waals surface area contributed by atoms with Crippen LogP contribution in [0.15, 0.2) is 0 Å². The second kappa shape index (κ2) is 7.24. The summed E-state index contributed by atoms with van der Waals surface area (Å²) in [6.07, 6.45) is 3.80. The van der Waals surface area contributed by atoms with Crippen molar-refractivity contribution >= 4 is 0 Å². The van der Waals surface area contributed by atoms with Crippen molar-refractivity contribution in [3.05, 3.63) is 0 Å². The molecule has 0 aliphatic carbocycles. The molecule has 0 aromatic carbocycles. The van der Waals surface area contributed by atoms with E-state index in [1.807, 2.05) is 0 Å². The molecule has 0 aliphatic heterocycles. The van der Waals surface area contributed by atoms with E-state index in [1.54, 1.807) is 0 Å². The Kier molecular flexibility index (Phi) is 7.20. The van der Waals surface area contributed by atoms with Gasteiger partial charge in [-0.05, 0) is 39.3 Å². The fraction of sp³-hybridized carbons (Fsp3) is 1.00. The fourth-order valence-corrected chi connectivity index (χ4v) is 2.32. The van der Waals surface area contributed by atoms with Crippen LogP contribution >= 0.6 is 0 Å². The van der Waals surface area contributed by atoms with Crippen molar-refractivity contribution in [3.63, 3.8) is 0 Å². The van der Waals surface area contributed by atoms with Gasteiger partial charge in [0.2, 0.25) is 0 Å². The van der Waals surface area contributed by atoms with Crippen LogP contribution in [0.25, 0.3) is 0 Å². The van der Waals surface area contributed by atoms with E-state index in [0.717, 1.165) is 6.54 Å². The first-order valence-electron chi connectivity index (χ1n) is 6.34. The molecule has 0 radical (unpaired) electrons. The second-order valence-corrected chi connectivity index (χ2v) is 5.26. The summed E-state index contributed by atoms with van der Waals surface area (Å²) in [4.78, 5) is 2.49. The maximum atomic E-state index is 3.33. The molecule has 0 aromatic rings. The zero-order valence-electron chi connectivity index (χ0n) is 11.6. The molecule has 0 spiro atoms. The standard InChI is InChI=1S/C13H30N2/c1-7-9-13(4,10-14-5)11-15(6)12(3)8-2/h12,14H,7-11H2,1-6H3. The third-order valence-corrected chi connectivity index (χ3v) is 3.43. The Hall–Kier alpha value is -0.0800. The first-order valence-corrected chi connectivity index (χ1v) is 6.34. The van der Waals surface area contributed by atoms with E-state index in [-0.39, 0.29) is 0 Å². The van der Waals surface area contributed by atoms with E-state index in [4.69, 9.17) is 0 Å². The number of rotatable bonds is 8. The lowest BCUT2D eigenvalue weighted by molar-refractivity contribution is 0.142.